The number of hydrogen-bond acceptors (Lipinski definition) is 6. The molecule has 0 aliphatic heterocycles. The zero-order valence-electron chi connectivity index (χ0n) is 16.8. The van der Waals surface area contributed by atoms with Crippen LogP contribution in [0.4, 0.5) is 5.82 Å². The zero-order valence-corrected chi connectivity index (χ0v) is 17.6. The van der Waals surface area contributed by atoms with Gasteiger partial charge in [-0.3, -0.25) is 4.79 Å². The molecule has 30 heavy (non-hydrogen) atoms. The number of thiophene rings is 1. The smallest absolute Gasteiger partial charge is 0.251 e. The standard InChI is InChI=1S/C23H22N4O2S/c1-24-22(28)17-10-8-15(9-11-17)12-25-21-20-18(16-6-4-3-5-7-16)14-30-23(20)27-19(26-21)13-29-2/h3-11,14H,12-13H2,1-2H3,(H,24,28)(H,25,26,27). The first-order valence-electron chi connectivity index (χ1n) is 9.57. The number of nitrogens with one attached hydrogen (secondary N) is 2. The van der Waals surface area contributed by atoms with Crippen molar-refractivity contribution >= 4 is 33.3 Å². The molecule has 0 bridgehead atoms. The van der Waals surface area contributed by atoms with Crippen molar-refractivity contribution in [3.8, 4) is 11.1 Å². The Kier molecular flexibility index (Phi) is 6.02. The average Bonchev–Trinajstić information content (AvgIpc) is 3.22. The third-order valence-corrected chi connectivity index (χ3v) is 5.61. The summed E-state index contributed by atoms with van der Waals surface area (Å²) >= 11 is 1.60. The van der Waals surface area contributed by atoms with Gasteiger partial charge in [-0.25, -0.2) is 9.97 Å². The van der Waals surface area contributed by atoms with Gasteiger partial charge in [0.25, 0.3) is 5.91 Å². The van der Waals surface area contributed by atoms with Gasteiger partial charge < -0.3 is 15.4 Å². The van der Waals surface area contributed by atoms with Crippen LogP contribution in [0.25, 0.3) is 21.3 Å². The van der Waals surface area contributed by atoms with Gasteiger partial charge in [-0.05, 0) is 23.3 Å². The maximum atomic E-state index is 11.7. The number of amides is 1. The van der Waals surface area contributed by atoms with Crippen LogP contribution in [0.1, 0.15) is 21.7 Å². The van der Waals surface area contributed by atoms with Crippen LogP contribution < -0.4 is 10.6 Å². The highest BCUT2D eigenvalue weighted by Crippen LogP contribution is 2.37. The van der Waals surface area contributed by atoms with Gasteiger partial charge in [-0.1, -0.05) is 42.5 Å². The number of carbonyl (C=O) groups is 1. The second-order valence-corrected chi connectivity index (χ2v) is 7.60. The molecule has 0 aliphatic rings. The van der Waals surface area contributed by atoms with E-state index in [1.807, 2.05) is 42.5 Å². The third kappa shape index (κ3) is 4.17. The summed E-state index contributed by atoms with van der Waals surface area (Å²) in [7, 11) is 3.26. The van der Waals surface area contributed by atoms with Crippen molar-refractivity contribution < 1.29 is 9.53 Å². The quantitative estimate of drug-likeness (QED) is 0.463. The van der Waals surface area contributed by atoms with E-state index in [2.05, 4.69) is 33.1 Å². The number of fused-ring (bicyclic) bond motifs is 1. The van der Waals surface area contributed by atoms with Crippen LogP contribution in [0.3, 0.4) is 0 Å². The molecular formula is C23H22N4O2S. The molecule has 0 aliphatic carbocycles. The third-order valence-electron chi connectivity index (χ3n) is 4.74. The van der Waals surface area contributed by atoms with Crippen LogP contribution in [0.2, 0.25) is 0 Å². The predicted octanol–water partition coefficient (Wildman–Crippen LogP) is 4.48. The van der Waals surface area contributed by atoms with E-state index in [9.17, 15) is 4.79 Å². The van der Waals surface area contributed by atoms with Crippen LogP contribution in [0, 0.1) is 0 Å². The van der Waals surface area contributed by atoms with Crippen molar-refractivity contribution in [3.63, 3.8) is 0 Å². The Bertz CT molecular complexity index is 1160. The lowest BCUT2D eigenvalue weighted by Gasteiger charge is -2.11. The van der Waals surface area contributed by atoms with Crippen molar-refractivity contribution in [2.24, 2.45) is 0 Å². The van der Waals surface area contributed by atoms with E-state index >= 15 is 0 Å². The van der Waals surface area contributed by atoms with E-state index in [0.29, 0.717) is 24.5 Å². The number of hydrogen-bond donors (Lipinski definition) is 2. The molecule has 2 aromatic carbocycles. The zero-order chi connectivity index (χ0) is 20.9. The summed E-state index contributed by atoms with van der Waals surface area (Å²) in [6.45, 7) is 0.931. The minimum atomic E-state index is -0.0954. The van der Waals surface area contributed by atoms with Crippen molar-refractivity contribution in [1.82, 2.24) is 15.3 Å². The molecule has 7 heteroatoms. The molecule has 0 fully saturated rings. The summed E-state index contributed by atoms with van der Waals surface area (Å²) < 4.78 is 5.25. The molecule has 2 aromatic heterocycles. The summed E-state index contributed by atoms with van der Waals surface area (Å²) in [5.74, 6) is 1.33. The maximum Gasteiger partial charge on any atom is 0.251 e. The SMILES string of the molecule is CNC(=O)c1ccc(CNc2nc(COC)nc3scc(-c4ccccc4)c23)cc1. The summed E-state index contributed by atoms with van der Waals surface area (Å²) in [6.07, 6.45) is 0. The van der Waals surface area contributed by atoms with Gasteiger partial charge in [0.05, 0.1) is 5.39 Å². The number of rotatable bonds is 7. The Labute approximate surface area is 179 Å². The topological polar surface area (TPSA) is 76.1 Å². The molecule has 4 rings (SSSR count). The Morgan fingerprint density at radius 2 is 1.83 bits per heavy atom. The number of methoxy groups -OCH3 is 1. The molecule has 0 unspecified atom stereocenters. The maximum absolute atomic E-state index is 11.7. The van der Waals surface area contributed by atoms with E-state index in [0.717, 1.165) is 32.7 Å². The minimum Gasteiger partial charge on any atom is -0.377 e. The van der Waals surface area contributed by atoms with Crippen molar-refractivity contribution in [1.29, 1.82) is 0 Å². The molecule has 0 radical (unpaired) electrons. The molecule has 2 heterocycles. The van der Waals surface area contributed by atoms with Crippen LogP contribution in [-0.2, 0) is 17.9 Å². The van der Waals surface area contributed by atoms with Gasteiger partial charge in [0.1, 0.15) is 17.3 Å². The van der Waals surface area contributed by atoms with Gasteiger partial charge in [-0.15, -0.1) is 11.3 Å². The lowest BCUT2D eigenvalue weighted by Crippen LogP contribution is -2.17. The second kappa shape index (κ2) is 9.02. The van der Waals surface area contributed by atoms with E-state index < -0.39 is 0 Å². The molecule has 0 spiro atoms. The minimum absolute atomic E-state index is 0.0954. The van der Waals surface area contributed by atoms with Crippen molar-refractivity contribution in [3.05, 3.63) is 76.9 Å². The van der Waals surface area contributed by atoms with Gasteiger partial charge in [0.15, 0.2) is 5.82 Å². The molecule has 0 saturated carbocycles. The fourth-order valence-corrected chi connectivity index (χ4v) is 4.21. The van der Waals surface area contributed by atoms with Crippen LogP contribution in [0.5, 0.6) is 0 Å². The van der Waals surface area contributed by atoms with E-state index in [4.69, 9.17) is 9.72 Å². The first kappa shape index (κ1) is 20.0. The second-order valence-electron chi connectivity index (χ2n) is 6.75. The average molecular weight is 419 g/mol. The summed E-state index contributed by atoms with van der Waals surface area (Å²) in [5, 5.41) is 9.22. The van der Waals surface area contributed by atoms with Crippen LogP contribution in [-0.4, -0.2) is 30.0 Å². The normalized spacial score (nSPS) is 10.9. The van der Waals surface area contributed by atoms with Crippen molar-refractivity contribution in [2.75, 3.05) is 19.5 Å². The van der Waals surface area contributed by atoms with Gasteiger partial charge >= 0.3 is 0 Å². The lowest BCUT2D eigenvalue weighted by atomic mass is 10.1. The van der Waals surface area contributed by atoms with Gasteiger partial charge in [0.2, 0.25) is 0 Å². The Hall–Kier alpha value is -3.29. The monoisotopic (exact) mass is 418 g/mol. The van der Waals surface area contributed by atoms with E-state index in [1.54, 1.807) is 25.5 Å². The van der Waals surface area contributed by atoms with Crippen molar-refractivity contribution in [2.45, 2.75) is 13.2 Å². The van der Waals surface area contributed by atoms with Crippen LogP contribution >= 0.6 is 11.3 Å². The molecule has 1 amide bonds. The first-order valence-corrected chi connectivity index (χ1v) is 10.4. The largest absolute Gasteiger partial charge is 0.377 e. The Morgan fingerprint density at radius 3 is 2.53 bits per heavy atom. The van der Waals surface area contributed by atoms with E-state index in [1.165, 1.54) is 0 Å². The van der Waals surface area contributed by atoms with E-state index in [-0.39, 0.29) is 5.91 Å². The fraction of sp³-hybridized carbons (Fsp3) is 0.174. The van der Waals surface area contributed by atoms with Gasteiger partial charge in [-0.2, -0.15) is 0 Å². The number of aromatic nitrogens is 2. The molecule has 152 valence electrons. The number of ether oxygens (including phenoxy) is 1. The van der Waals surface area contributed by atoms with Gasteiger partial charge in [0, 0.05) is 37.2 Å². The Morgan fingerprint density at radius 1 is 1.07 bits per heavy atom. The highest BCUT2D eigenvalue weighted by molar-refractivity contribution is 7.17. The highest BCUT2D eigenvalue weighted by Gasteiger charge is 2.15. The molecule has 6 nitrogen and oxygen atoms in total. The lowest BCUT2D eigenvalue weighted by molar-refractivity contribution is 0.0963. The summed E-state index contributed by atoms with van der Waals surface area (Å²) in [6, 6.07) is 17.8. The number of nitrogens with zero attached hydrogens (tertiary/aromatic N) is 2. The predicted molar refractivity (Wildman–Crippen MR) is 121 cm³/mol. The van der Waals surface area contributed by atoms with Crippen LogP contribution in [0.15, 0.2) is 60.0 Å². The number of anilines is 1. The molecule has 2 N–H and O–H groups in total. The first-order chi connectivity index (χ1) is 14.7. The summed E-state index contributed by atoms with van der Waals surface area (Å²) in [5.41, 5.74) is 3.93. The molecular weight excluding hydrogens is 396 g/mol. The number of benzene rings is 2. The number of carbonyl (C=O) groups excluding carboxylic acids is 1. The highest BCUT2D eigenvalue weighted by atomic mass is 32.1. The fourth-order valence-electron chi connectivity index (χ4n) is 3.24. The molecule has 0 saturated heterocycles. The Balaban J connectivity index is 1.67. The molecule has 0 atom stereocenters. The molecule has 4 aromatic rings. The summed E-state index contributed by atoms with van der Waals surface area (Å²) in [4.78, 5) is 22.0.